The van der Waals surface area contributed by atoms with E-state index in [1.165, 1.54) is 7.11 Å². The Labute approximate surface area is 206 Å². The van der Waals surface area contributed by atoms with Gasteiger partial charge in [0.05, 0.1) is 25.3 Å². The van der Waals surface area contributed by atoms with Crippen molar-refractivity contribution in [1.82, 2.24) is 9.88 Å². The van der Waals surface area contributed by atoms with Crippen LogP contribution < -0.4 is 9.47 Å². The lowest BCUT2D eigenvalue weighted by Gasteiger charge is -2.30. The molecule has 7 nitrogen and oxygen atoms in total. The predicted octanol–water partition coefficient (Wildman–Crippen LogP) is 5.29. The van der Waals surface area contributed by atoms with Crippen LogP contribution in [0.2, 0.25) is 0 Å². The highest BCUT2D eigenvalue weighted by Crippen LogP contribution is 2.34. The lowest BCUT2D eigenvalue weighted by Crippen LogP contribution is -2.37. The summed E-state index contributed by atoms with van der Waals surface area (Å²) in [5.74, 6) is 1.19. The molecular weight excluding hydrogens is 500 g/mol. The summed E-state index contributed by atoms with van der Waals surface area (Å²) >= 11 is 3.37. The van der Waals surface area contributed by atoms with Crippen molar-refractivity contribution < 1.29 is 23.8 Å². The number of aryl methyl sites for hydroxylation is 1. The standard InChI is InChI=1S/C26H25BrN2O5/c1-16-19-6-4-5-7-23(19)34-24(16)22(15-30)29(14-17-8-10-18(32-2)11-9-17)26(31)21-13-12-20(27)25(28-21)33-3/h4-13,22,30H,14-15H2,1-3H3. The number of aliphatic hydroxyl groups excluding tert-OH is 1. The highest BCUT2D eigenvalue weighted by Gasteiger charge is 2.31. The van der Waals surface area contributed by atoms with E-state index in [0.29, 0.717) is 27.4 Å². The fourth-order valence-corrected chi connectivity index (χ4v) is 4.30. The SMILES string of the molecule is COc1ccc(CN(C(=O)c2ccc(Br)c(OC)n2)C(CO)c2oc3ccccc3c2C)cc1. The van der Waals surface area contributed by atoms with Crippen molar-refractivity contribution in [2.24, 2.45) is 0 Å². The Hall–Kier alpha value is -3.36. The van der Waals surface area contributed by atoms with Crippen molar-refractivity contribution in [2.75, 3.05) is 20.8 Å². The highest BCUT2D eigenvalue weighted by molar-refractivity contribution is 9.10. The van der Waals surface area contributed by atoms with Gasteiger partial charge in [0.1, 0.15) is 28.8 Å². The number of methoxy groups -OCH3 is 2. The number of fused-ring (bicyclic) bond motifs is 1. The number of hydrogen-bond donors (Lipinski definition) is 1. The van der Waals surface area contributed by atoms with Gasteiger partial charge in [-0.3, -0.25) is 4.79 Å². The van der Waals surface area contributed by atoms with Crippen molar-refractivity contribution in [3.05, 3.63) is 87.7 Å². The second kappa shape index (κ2) is 10.3. The molecule has 0 aliphatic rings. The molecule has 0 aliphatic heterocycles. The summed E-state index contributed by atoms with van der Waals surface area (Å²) in [7, 11) is 3.09. The molecule has 4 rings (SSSR count). The molecule has 1 unspecified atom stereocenters. The van der Waals surface area contributed by atoms with Gasteiger partial charge in [-0.2, -0.15) is 0 Å². The molecule has 0 spiro atoms. The van der Waals surface area contributed by atoms with Gasteiger partial charge in [-0.05, 0) is 58.7 Å². The number of benzene rings is 2. The van der Waals surface area contributed by atoms with E-state index in [2.05, 4.69) is 20.9 Å². The van der Waals surface area contributed by atoms with Crippen LogP contribution in [-0.2, 0) is 6.54 Å². The number of furan rings is 1. The second-order valence-corrected chi connectivity index (χ2v) is 8.61. The molecule has 34 heavy (non-hydrogen) atoms. The van der Waals surface area contributed by atoms with Gasteiger partial charge in [0.25, 0.3) is 5.91 Å². The zero-order valence-corrected chi connectivity index (χ0v) is 20.7. The van der Waals surface area contributed by atoms with Crippen LogP contribution in [0.1, 0.15) is 33.4 Å². The molecule has 2 aromatic heterocycles. The smallest absolute Gasteiger partial charge is 0.273 e. The van der Waals surface area contributed by atoms with E-state index in [0.717, 1.165) is 16.5 Å². The molecule has 0 fully saturated rings. The first-order chi connectivity index (χ1) is 16.5. The molecule has 0 radical (unpaired) electrons. The number of ether oxygens (including phenoxy) is 2. The van der Waals surface area contributed by atoms with Crippen molar-refractivity contribution >= 4 is 32.8 Å². The topological polar surface area (TPSA) is 85.0 Å². The van der Waals surface area contributed by atoms with Crippen LogP contribution in [0, 0.1) is 6.92 Å². The molecule has 2 aromatic carbocycles. The van der Waals surface area contributed by atoms with Gasteiger partial charge in [0.15, 0.2) is 0 Å². The average Bonchev–Trinajstić information content (AvgIpc) is 3.20. The molecule has 1 atom stereocenters. The highest BCUT2D eigenvalue weighted by atomic mass is 79.9. The minimum Gasteiger partial charge on any atom is -0.497 e. The number of aromatic nitrogens is 1. The van der Waals surface area contributed by atoms with Gasteiger partial charge in [-0.1, -0.05) is 30.3 Å². The molecule has 1 N–H and O–H groups in total. The van der Waals surface area contributed by atoms with Crippen molar-refractivity contribution in [2.45, 2.75) is 19.5 Å². The minimum atomic E-state index is -0.724. The predicted molar refractivity (Wildman–Crippen MR) is 132 cm³/mol. The number of pyridine rings is 1. The summed E-state index contributed by atoms with van der Waals surface area (Å²) in [4.78, 5) is 19.7. The largest absolute Gasteiger partial charge is 0.497 e. The number of nitrogens with zero attached hydrogens (tertiary/aromatic N) is 2. The van der Waals surface area contributed by atoms with Gasteiger partial charge in [0.2, 0.25) is 5.88 Å². The lowest BCUT2D eigenvalue weighted by atomic mass is 10.1. The molecule has 8 heteroatoms. The molecule has 0 saturated carbocycles. The molecular formula is C26H25BrN2O5. The number of amides is 1. The maximum absolute atomic E-state index is 13.8. The van der Waals surface area contributed by atoms with Gasteiger partial charge >= 0.3 is 0 Å². The van der Waals surface area contributed by atoms with Crippen LogP contribution in [0.5, 0.6) is 11.6 Å². The monoisotopic (exact) mass is 524 g/mol. The van der Waals surface area contributed by atoms with Crippen LogP contribution in [0.25, 0.3) is 11.0 Å². The van der Waals surface area contributed by atoms with E-state index in [1.807, 2.05) is 55.5 Å². The minimum absolute atomic E-state index is 0.195. The Morgan fingerprint density at radius 3 is 2.47 bits per heavy atom. The normalized spacial score (nSPS) is 11.9. The van der Waals surface area contributed by atoms with Gasteiger partial charge < -0.3 is 23.9 Å². The van der Waals surface area contributed by atoms with Crippen LogP contribution in [0.15, 0.2) is 69.6 Å². The van der Waals surface area contributed by atoms with Gasteiger partial charge in [0, 0.05) is 17.5 Å². The van der Waals surface area contributed by atoms with E-state index in [4.69, 9.17) is 13.9 Å². The zero-order valence-electron chi connectivity index (χ0n) is 19.1. The third-order valence-corrected chi connectivity index (χ3v) is 6.34. The van der Waals surface area contributed by atoms with Crippen molar-refractivity contribution in [1.29, 1.82) is 0 Å². The summed E-state index contributed by atoms with van der Waals surface area (Å²) in [6.07, 6.45) is 0. The number of carbonyl (C=O) groups excluding carboxylic acids is 1. The summed E-state index contributed by atoms with van der Waals surface area (Å²) in [5.41, 5.74) is 2.64. The maximum Gasteiger partial charge on any atom is 0.273 e. The fraction of sp³-hybridized carbons (Fsp3) is 0.231. The van der Waals surface area contributed by atoms with E-state index in [-0.39, 0.29) is 24.8 Å². The second-order valence-electron chi connectivity index (χ2n) is 7.75. The van der Waals surface area contributed by atoms with E-state index < -0.39 is 6.04 Å². The Bertz CT molecular complexity index is 1300. The quantitative estimate of drug-likeness (QED) is 0.337. The average molecular weight is 525 g/mol. The number of para-hydroxylation sites is 1. The number of halogens is 1. The third kappa shape index (κ3) is 4.64. The first-order valence-corrected chi connectivity index (χ1v) is 11.5. The van der Waals surface area contributed by atoms with E-state index >= 15 is 0 Å². The maximum atomic E-state index is 13.8. The van der Waals surface area contributed by atoms with E-state index in [9.17, 15) is 9.90 Å². The van der Waals surface area contributed by atoms with Crippen molar-refractivity contribution in [3.8, 4) is 11.6 Å². The number of rotatable bonds is 8. The van der Waals surface area contributed by atoms with Gasteiger partial charge in [-0.15, -0.1) is 0 Å². The molecule has 0 bridgehead atoms. The fourth-order valence-electron chi connectivity index (χ4n) is 3.92. The number of carbonyl (C=O) groups is 1. The molecule has 0 aliphatic carbocycles. The summed E-state index contributed by atoms with van der Waals surface area (Å²) < 4.78 is 17.3. The van der Waals surface area contributed by atoms with Crippen LogP contribution >= 0.6 is 15.9 Å². The third-order valence-electron chi connectivity index (χ3n) is 5.73. The van der Waals surface area contributed by atoms with Crippen LogP contribution in [-0.4, -0.2) is 41.7 Å². The van der Waals surface area contributed by atoms with E-state index in [1.54, 1.807) is 24.1 Å². The Kier molecular flexibility index (Phi) is 7.19. The first-order valence-electron chi connectivity index (χ1n) is 10.7. The van der Waals surface area contributed by atoms with Crippen LogP contribution in [0.3, 0.4) is 0 Å². The molecule has 2 heterocycles. The first kappa shape index (κ1) is 23.8. The van der Waals surface area contributed by atoms with Crippen LogP contribution in [0.4, 0.5) is 0 Å². The molecule has 0 saturated heterocycles. The zero-order chi connectivity index (χ0) is 24.2. The summed E-state index contributed by atoms with van der Waals surface area (Å²) in [5, 5.41) is 11.4. The number of hydrogen-bond acceptors (Lipinski definition) is 6. The van der Waals surface area contributed by atoms with Crippen molar-refractivity contribution in [3.63, 3.8) is 0 Å². The molecule has 176 valence electrons. The Morgan fingerprint density at radius 1 is 1.09 bits per heavy atom. The lowest BCUT2D eigenvalue weighted by molar-refractivity contribution is 0.0524. The summed E-state index contributed by atoms with van der Waals surface area (Å²) in [6, 6.07) is 17.7. The Balaban J connectivity index is 1.79. The molecule has 4 aromatic rings. The summed E-state index contributed by atoms with van der Waals surface area (Å²) in [6.45, 7) is 1.83. The number of aliphatic hydroxyl groups is 1. The van der Waals surface area contributed by atoms with Gasteiger partial charge in [-0.25, -0.2) is 4.98 Å². The Morgan fingerprint density at radius 2 is 1.82 bits per heavy atom. The molecule has 1 amide bonds.